The minimum atomic E-state index is 0.0864. The van der Waals surface area contributed by atoms with E-state index in [0.29, 0.717) is 0 Å². The van der Waals surface area contributed by atoms with Gasteiger partial charge in [0, 0.05) is 30.9 Å². The molecule has 0 saturated carbocycles. The average molecular weight is 301 g/mol. The topological polar surface area (TPSA) is 50.1 Å². The molecule has 4 heteroatoms. The van der Waals surface area contributed by atoms with Crippen molar-refractivity contribution in [2.45, 2.75) is 52.8 Å². The molecule has 22 heavy (non-hydrogen) atoms. The van der Waals surface area contributed by atoms with Gasteiger partial charge in [-0.2, -0.15) is 5.10 Å². The second-order valence-electron chi connectivity index (χ2n) is 5.71. The van der Waals surface area contributed by atoms with Crippen molar-refractivity contribution >= 4 is 0 Å². The van der Waals surface area contributed by atoms with Crippen molar-refractivity contribution in [1.29, 1.82) is 0 Å². The molecule has 0 fully saturated rings. The SMILES string of the molecule is CCc1nn(C)c(CC)c1CNC(C)c1cccc(CO)c1. The van der Waals surface area contributed by atoms with Gasteiger partial charge in [0.15, 0.2) is 0 Å². The largest absolute Gasteiger partial charge is 0.392 e. The van der Waals surface area contributed by atoms with Crippen LogP contribution >= 0.6 is 0 Å². The fourth-order valence-corrected chi connectivity index (χ4v) is 2.93. The Kier molecular flexibility index (Phi) is 5.75. The van der Waals surface area contributed by atoms with Crippen LogP contribution in [0.15, 0.2) is 24.3 Å². The van der Waals surface area contributed by atoms with E-state index in [-0.39, 0.29) is 12.6 Å². The zero-order chi connectivity index (χ0) is 16.1. The van der Waals surface area contributed by atoms with Crippen LogP contribution in [-0.4, -0.2) is 14.9 Å². The molecule has 0 amide bonds. The molecule has 4 nitrogen and oxygen atoms in total. The van der Waals surface area contributed by atoms with E-state index in [9.17, 15) is 5.11 Å². The van der Waals surface area contributed by atoms with Gasteiger partial charge in [-0.1, -0.05) is 38.1 Å². The molecule has 1 aromatic heterocycles. The highest BCUT2D eigenvalue weighted by atomic mass is 16.3. The molecule has 1 atom stereocenters. The predicted octanol–water partition coefficient (Wildman–Crippen LogP) is 2.89. The molecule has 0 radical (unpaired) electrons. The predicted molar refractivity (Wildman–Crippen MR) is 89.6 cm³/mol. The van der Waals surface area contributed by atoms with Crippen LogP contribution in [0.5, 0.6) is 0 Å². The maximum Gasteiger partial charge on any atom is 0.0681 e. The smallest absolute Gasteiger partial charge is 0.0681 e. The Balaban J connectivity index is 2.12. The number of aryl methyl sites for hydroxylation is 2. The summed E-state index contributed by atoms with van der Waals surface area (Å²) < 4.78 is 2.01. The molecule has 0 bridgehead atoms. The number of benzene rings is 1. The van der Waals surface area contributed by atoms with Crippen LogP contribution in [0.3, 0.4) is 0 Å². The van der Waals surface area contributed by atoms with Crippen LogP contribution in [0.2, 0.25) is 0 Å². The summed E-state index contributed by atoms with van der Waals surface area (Å²) in [6, 6.07) is 8.34. The zero-order valence-electron chi connectivity index (χ0n) is 14.1. The van der Waals surface area contributed by atoms with Gasteiger partial charge < -0.3 is 10.4 Å². The Labute approximate surface area is 133 Å². The fourth-order valence-electron chi connectivity index (χ4n) is 2.93. The number of hydrogen-bond donors (Lipinski definition) is 2. The first kappa shape index (κ1) is 16.7. The lowest BCUT2D eigenvalue weighted by Gasteiger charge is -2.16. The molecular formula is C18H27N3O. The van der Waals surface area contributed by atoms with Crippen molar-refractivity contribution in [3.05, 3.63) is 52.3 Å². The number of hydrogen-bond acceptors (Lipinski definition) is 3. The summed E-state index contributed by atoms with van der Waals surface area (Å²) in [7, 11) is 2.02. The molecule has 2 aromatic rings. The summed E-state index contributed by atoms with van der Waals surface area (Å²) in [5, 5.41) is 17.5. The fraction of sp³-hybridized carbons (Fsp3) is 0.500. The second-order valence-corrected chi connectivity index (χ2v) is 5.71. The normalized spacial score (nSPS) is 12.6. The number of aliphatic hydroxyl groups is 1. The van der Waals surface area contributed by atoms with Gasteiger partial charge in [0.25, 0.3) is 0 Å². The van der Waals surface area contributed by atoms with Gasteiger partial charge in [-0.3, -0.25) is 4.68 Å². The van der Waals surface area contributed by atoms with Gasteiger partial charge in [-0.15, -0.1) is 0 Å². The molecule has 2 rings (SSSR count). The molecule has 0 aliphatic carbocycles. The minimum absolute atomic E-state index is 0.0864. The molecule has 0 aliphatic rings. The van der Waals surface area contributed by atoms with Crippen molar-refractivity contribution in [2.75, 3.05) is 0 Å². The Morgan fingerprint density at radius 1 is 1.27 bits per heavy atom. The lowest BCUT2D eigenvalue weighted by atomic mass is 10.0. The van der Waals surface area contributed by atoms with E-state index in [4.69, 9.17) is 0 Å². The van der Waals surface area contributed by atoms with E-state index in [0.717, 1.165) is 24.9 Å². The Hall–Kier alpha value is -1.65. The molecule has 0 aliphatic heterocycles. The molecule has 2 N–H and O–H groups in total. The number of nitrogens with zero attached hydrogens (tertiary/aromatic N) is 2. The van der Waals surface area contributed by atoms with Gasteiger partial charge in [0.05, 0.1) is 12.3 Å². The van der Waals surface area contributed by atoms with Gasteiger partial charge >= 0.3 is 0 Å². The summed E-state index contributed by atoms with van der Waals surface area (Å²) >= 11 is 0. The van der Waals surface area contributed by atoms with Crippen molar-refractivity contribution in [3.8, 4) is 0 Å². The summed E-state index contributed by atoms with van der Waals surface area (Å²) in [5.74, 6) is 0. The van der Waals surface area contributed by atoms with Crippen molar-refractivity contribution < 1.29 is 5.11 Å². The molecule has 1 aromatic carbocycles. The van der Waals surface area contributed by atoms with E-state index < -0.39 is 0 Å². The van der Waals surface area contributed by atoms with Crippen LogP contribution in [0.25, 0.3) is 0 Å². The monoisotopic (exact) mass is 301 g/mol. The second kappa shape index (κ2) is 7.56. The maximum atomic E-state index is 9.26. The highest BCUT2D eigenvalue weighted by molar-refractivity contribution is 5.28. The van der Waals surface area contributed by atoms with E-state index in [1.54, 1.807) is 0 Å². The zero-order valence-corrected chi connectivity index (χ0v) is 14.1. The Bertz CT molecular complexity index is 619. The number of nitrogens with one attached hydrogen (secondary N) is 1. The lowest BCUT2D eigenvalue weighted by molar-refractivity contribution is 0.281. The average Bonchev–Trinajstić information content (AvgIpc) is 2.87. The standard InChI is InChI=1S/C18H27N3O/c1-5-17-16(18(6-2)21(4)20-17)11-19-13(3)15-9-7-8-14(10-15)12-22/h7-10,13,19,22H,5-6,11-12H2,1-4H3. The Morgan fingerprint density at radius 3 is 2.68 bits per heavy atom. The molecule has 0 saturated heterocycles. The van der Waals surface area contributed by atoms with E-state index >= 15 is 0 Å². The number of rotatable bonds is 7. The molecule has 120 valence electrons. The first-order valence-corrected chi connectivity index (χ1v) is 8.07. The van der Waals surface area contributed by atoms with Crippen molar-refractivity contribution in [2.24, 2.45) is 7.05 Å². The Morgan fingerprint density at radius 2 is 2.05 bits per heavy atom. The van der Waals surface area contributed by atoms with Crippen LogP contribution in [0.1, 0.15) is 54.9 Å². The third kappa shape index (κ3) is 3.57. The van der Waals surface area contributed by atoms with Crippen LogP contribution < -0.4 is 5.32 Å². The van der Waals surface area contributed by atoms with Crippen LogP contribution in [-0.2, 0) is 33.0 Å². The van der Waals surface area contributed by atoms with Crippen LogP contribution in [0.4, 0.5) is 0 Å². The highest BCUT2D eigenvalue weighted by Gasteiger charge is 2.14. The third-order valence-corrected chi connectivity index (χ3v) is 4.25. The quantitative estimate of drug-likeness (QED) is 0.827. The minimum Gasteiger partial charge on any atom is -0.392 e. The third-order valence-electron chi connectivity index (χ3n) is 4.25. The maximum absolute atomic E-state index is 9.26. The van der Waals surface area contributed by atoms with Crippen molar-refractivity contribution in [3.63, 3.8) is 0 Å². The summed E-state index contributed by atoms with van der Waals surface area (Å²) in [5.41, 5.74) is 5.98. The number of aliphatic hydroxyl groups excluding tert-OH is 1. The first-order chi connectivity index (χ1) is 10.6. The summed E-state index contributed by atoms with van der Waals surface area (Å²) in [4.78, 5) is 0. The van der Waals surface area contributed by atoms with Gasteiger partial charge in [-0.25, -0.2) is 0 Å². The van der Waals surface area contributed by atoms with Gasteiger partial charge in [-0.05, 0) is 30.9 Å². The summed E-state index contributed by atoms with van der Waals surface area (Å²) in [6.07, 6.45) is 1.95. The molecule has 0 spiro atoms. The van der Waals surface area contributed by atoms with E-state index in [2.05, 4.69) is 43.3 Å². The van der Waals surface area contributed by atoms with Crippen LogP contribution in [0, 0.1) is 0 Å². The first-order valence-electron chi connectivity index (χ1n) is 8.07. The highest BCUT2D eigenvalue weighted by Crippen LogP contribution is 2.19. The van der Waals surface area contributed by atoms with Gasteiger partial charge in [0.2, 0.25) is 0 Å². The lowest BCUT2D eigenvalue weighted by Crippen LogP contribution is -2.19. The van der Waals surface area contributed by atoms with E-state index in [1.807, 2.05) is 23.9 Å². The molecule has 1 unspecified atom stereocenters. The summed E-state index contributed by atoms with van der Waals surface area (Å²) in [6.45, 7) is 7.39. The van der Waals surface area contributed by atoms with E-state index in [1.165, 1.54) is 22.5 Å². The van der Waals surface area contributed by atoms with Crippen molar-refractivity contribution in [1.82, 2.24) is 15.1 Å². The van der Waals surface area contributed by atoms with Gasteiger partial charge in [0.1, 0.15) is 0 Å². The number of aromatic nitrogens is 2. The molecular weight excluding hydrogens is 274 g/mol. The molecule has 1 heterocycles.